The third-order valence-electron chi connectivity index (χ3n) is 0.612. The Labute approximate surface area is 178 Å². The van der Waals surface area contributed by atoms with Crippen LogP contribution >= 0.6 is 12.2 Å². The van der Waals surface area contributed by atoms with E-state index in [9.17, 15) is 17.8 Å². The molecule has 0 saturated heterocycles. The number of thiocarbonyl (C=S) groups is 1. The molecule has 0 aliphatic heterocycles. The number of amides is 1. The second-order valence-corrected chi connectivity index (χ2v) is 4.14. The Morgan fingerprint density at radius 1 is 1.36 bits per heavy atom. The Hall–Kier alpha value is 2.76. The first-order valence-electron chi connectivity index (χ1n) is 2.50. The summed E-state index contributed by atoms with van der Waals surface area (Å²) in [6, 6.07) is 0. The summed E-state index contributed by atoms with van der Waals surface area (Å²) >= 11 is 8.63. The molecule has 2 N–H and O–H groups in total. The number of hydrazine groups is 1. The second-order valence-electron chi connectivity index (χ2n) is 1.66. The predicted octanol–water partition coefficient (Wildman–Crippen LogP) is -8.01. The summed E-state index contributed by atoms with van der Waals surface area (Å²) in [5, 5.41) is 0. The summed E-state index contributed by atoms with van der Waals surface area (Å²) < 4.78 is 29.8. The molecule has 1 amide bonds. The van der Waals surface area contributed by atoms with Crippen molar-refractivity contribution in [2.75, 3.05) is 5.75 Å². The van der Waals surface area contributed by atoms with Crippen molar-refractivity contribution in [3.8, 4) is 0 Å². The molecule has 0 rings (SSSR count). The molecule has 0 radical (unpaired) electrons. The minimum atomic E-state index is -4.55. The zero-order valence-electron chi connectivity index (χ0n) is 7.56. The molecular formula is C3H4K2N2O4S3. The van der Waals surface area contributed by atoms with Gasteiger partial charge in [-0.15, -0.1) is 0 Å². The fourth-order valence-electron chi connectivity index (χ4n) is 0.317. The first-order valence-corrected chi connectivity index (χ1v) is 4.90. The molecule has 0 aromatic heterocycles. The molecule has 0 unspecified atom stereocenters. The van der Waals surface area contributed by atoms with Crippen LogP contribution in [0.1, 0.15) is 0 Å². The summed E-state index contributed by atoms with van der Waals surface area (Å²) in [7, 11) is -4.55. The Morgan fingerprint density at radius 2 is 1.79 bits per heavy atom. The average Bonchev–Trinajstić information content (AvgIpc) is 1.79. The van der Waals surface area contributed by atoms with Crippen LogP contribution in [0, 0.1) is 0 Å². The maximum Gasteiger partial charge on any atom is 1.00 e. The SMILES string of the molecule is O=C(CS(=O)(=O)[O-])NNC(=S)[S-].[K+].[K+]. The second kappa shape index (κ2) is 10.9. The van der Waals surface area contributed by atoms with Crippen LogP contribution in [0.5, 0.6) is 0 Å². The largest absolute Gasteiger partial charge is 1.00 e. The van der Waals surface area contributed by atoms with Crippen molar-refractivity contribution in [3.63, 3.8) is 0 Å². The van der Waals surface area contributed by atoms with Gasteiger partial charge in [0.25, 0.3) is 5.91 Å². The maximum absolute atomic E-state index is 10.5. The fraction of sp³-hybridized carbons (Fsp3) is 0.333. The molecule has 0 aliphatic rings. The quantitative estimate of drug-likeness (QED) is 0.172. The van der Waals surface area contributed by atoms with Crippen molar-refractivity contribution in [2.45, 2.75) is 0 Å². The number of rotatable bonds is 2. The van der Waals surface area contributed by atoms with E-state index in [1.54, 1.807) is 0 Å². The van der Waals surface area contributed by atoms with Crippen molar-refractivity contribution >= 4 is 45.2 Å². The molecule has 0 aliphatic carbocycles. The summed E-state index contributed by atoms with van der Waals surface area (Å²) in [5.74, 6) is -2.14. The van der Waals surface area contributed by atoms with Gasteiger partial charge in [-0.3, -0.25) is 10.2 Å². The van der Waals surface area contributed by atoms with Crippen LogP contribution in [0.3, 0.4) is 0 Å². The molecule has 0 saturated carbocycles. The number of hydrogen-bond donors (Lipinski definition) is 2. The van der Waals surface area contributed by atoms with Gasteiger partial charge in [-0.1, -0.05) is 0 Å². The standard InChI is InChI=1S/C3H6N2O4S3.2K/c6-2(1-12(7,8)9)4-5-3(10)11;;/h1H2,(H,4,6)(H2,5,10,11)(H,7,8,9);;/q;2*+1/p-2. The third-order valence-corrected chi connectivity index (χ3v) is 1.43. The van der Waals surface area contributed by atoms with Crippen LogP contribution in [-0.4, -0.2) is 29.0 Å². The molecule has 14 heavy (non-hydrogen) atoms. The van der Waals surface area contributed by atoms with Crippen LogP contribution in [0.25, 0.3) is 0 Å². The normalized spacial score (nSPS) is 8.93. The van der Waals surface area contributed by atoms with Gasteiger partial charge >= 0.3 is 103 Å². The Bertz CT molecular complexity index is 292. The minimum Gasteiger partial charge on any atom is -0.748 e. The first-order chi connectivity index (χ1) is 5.31. The Morgan fingerprint density at radius 3 is 2.07 bits per heavy atom. The van der Waals surface area contributed by atoms with E-state index in [4.69, 9.17) is 0 Å². The van der Waals surface area contributed by atoms with Crippen LogP contribution in [-0.2, 0) is 27.5 Å². The monoisotopic (exact) mass is 306 g/mol. The molecule has 70 valence electrons. The van der Waals surface area contributed by atoms with Crippen LogP contribution in [0.2, 0.25) is 0 Å². The van der Waals surface area contributed by atoms with Gasteiger partial charge < -0.3 is 34.8 Å². The zero-order valence-corrected chi connectivity index (χ0v) is 16.3. The average molecular weight is 306 g/mol. The van der Waals surface area contributed by atoms with Crippen LogP contribution in [0.4, 0.5) is 0 Å². The molecule has 6 nitrogen and oxygen atoms in total. The predicted molar refractivity (Wildman–Crippen MR) is 45.8 cm³/mol. The van der Waals surface area contributed by atoms with Crippen LogP contribution in [0.15, 0.2) is 0 Å². The smallest absolute Gasteiger partial charge is 0.748 e. The van der Waals surface area contributed by atoms with E-state index in [1.807, 2.05) is 10.9 Å². The molecular weight excluding hydrogens is 302 g/mol. The van der Waals surface area contributed by atoms with E-state index < -0.39 is 21.8 Å². The summed E-state index contributed by atoms with van der Waals surface area (Å²) in [6.45, 7) is 0. The van der Waals surface area contributed by atoms with Crippen molar-refractivity contribution in [1.29, 1.82) is 0 Å². The van der Waals surface area contributed by atoms with Crippen molar-refractivity contribution in [2.24, 2.45) is 0 Å². The van der Waals surface area contributed by atoms with Gasteiger partial charge in [-0.25, -0.2) is 8.42 Å². The molecule has 0 aromatic carbocycles. The van der Waals surface area contributed by atoms with Gasteiger partial charge in [0.05, 0.1) is 0 Å². The fourth-order valence-corrected chi connectivity index (χ4v) is 0.813. The summed E-state index contributed by atoms with van der Waals surface area (Å²) in [5.41, 5.74) is 3.84. The minimum absolute atomic E-state index is 0. The third kappa shape index (κ3) is 17.2. The van der Waals surface area contributed by atoms with Gasteiger partial charge in [0.15, 0.2) is 0 Å². The first kappa shape index (κ1) is 22.0. The molecule has 0 bridgehead atoms. The molecule has 0 heterocycles. The van der Waals surface area contributed by atoms with Gasteiger partial charge in [0.1, 0.15) is 15.9 Å². The van der Waals surface area contributed by atoms with Gasteiger partial charge in [-0.2, -0.15) is 0 Å². The number of nitrogens with one attached hydrogen (secondary N) is 2. The Kier molecular flexibility index (Phi) is 17.1. The van der Waals surface area contributed by atoms with E-state index in [1.165, 1.54) is 0 Å². The maximum atomic E-state index is 10.5. The summed E-state index contributed by atoms with van der Waals surface area (Å²) in [6.07, 6.45) is 0. The Balaban J connectivity index is -0.000000605. The van der Waals surface area contributed by atoms with Crippen molar-refractivity contribution in [3.05, 3.63) is 0 Å². The zero-order chi connectivity index (χ0) is 9.78. The van der Waals surface area contributed by atoms with Gasteiger partial charge in [-0.05, 0) is 4.32 Å². The molecule has 0 aromatic rings. The molecule has 0 fully saturated rings. The summed E-state index contributed by atoms with van der Waals surface area (Å²) in [4.78, 5) is 10.5. The number of hydrogen-bond acceptors (Lipinski definition) is 6. The van der Waals surface area contributed by atoms with Gasteiger partial charge in [0.2, 0.25) is 0 Å². The molecule has 11 heteroatoms. The van der Waals surface area contributed by atoms with E-state index in [0.717, 1.165) is 0 Å². The topological polar surface area (TPSA) is 98.3 Å². The van der Waals surface area contributed by atoms with E-state index >= 15 is 0 Å². The van der Waals surface area contributed by atoms with Crippen LogP contribution < -0.4 is 114 Å². The van der Waals surface area contributed by atoms with Gasteiger partial charge in [0, 0.05) is 0 Å². The number of carbonyl (C=O) groups excluding carboxylic acids is 1. The van der Waals surface area contributed by atoms with E-state index in [-0.39, 0.29) is 107 Å². The van der Waals surface area contributed by atoms with Crippen molar-refractivity contribution < 1.29 is 121 Å². The van der Waals surface area contributed by atoms with Crippen molar-refractivity contribution in [1.82, 2.24) is 10.9 Å². The molecule has 0 atom stereocenters. The van der Waals surface area contributed by atoms with E-state index in [2.05, 4.69) is 24.8 Å². The number of carbonyl (C=O) groups is 1. The van der Waals surface area contributed by atoms with E-state index in [0.29, 0.717) is 0 Å². The molecule has 0 spiro atoms.